The molecule has 0 unspecified atom stereocenters. The molecule has 4 nitrogen and oxygen atoms in total. The molecule has 6 heteroatoms. The zero-order chi connectivity index (χ0) is 13.5. The van der Waals surface area contributed by atoms with Crippen LogP contribution in [-0.4, -0.2) is 36.1 Å². The van der Waals surface area contributed by atoms with Gasteiger partial charge >= 0.3 is 5.97 Å². The second-order valence-corrected chi connectivity index (χ2v) is 4.69. The molecule has 100 valence electrons. The lowest BCUT2D eigenvalue weighted by atomic mass is 10.2. The minimum absolute atomic E-state index is 0.190. The van der Waals surface area contributed by atoms with Crippen molar-refractivity contribution in [3.05, 3.63) is 28.0 Å². The Kier molecular flexibility index (Phi) is 6.39. The van der Waals surface area contributed by atoms with E-state index < -0.39 is 0 Å². The molecule has 0 aliphatic carbocycles. The van der Waals surface area contributed by atoms with Crippen molar-refractivity contribution in [1.82, 2.24) is 9.88 Å². The topological polar surface area (TPSA) is 42.4 Å². The van der Waals surface area contributed by atoms with Crippen molar-refractivity contribution >= 4 is 29.2 Å². The normalized spacial score (nSPS) is 10.7. The Morgan fingerprint density at radius 2 is 2.22 bits per heavy atom. The lowest BCUT2D eigenvalue weighted by Gasteiger charge is -2.16. The minimum atomic E-state index is -0.190. The molecule has 1 heterocycles. The summed E-state index contributed by atoms with van der Waals surface area (Å²) in [5, 5.41) is 0.955. The molecule has 0 saturated carbocycles. The van der Waals surface area contributed by atoms with Gasteiger partial charge in [-0.3, -0.25) is 4.79 Å². The summed E-state index contributed by atoms with van der Waals surface area (Å²) in [5.74, 6) is -0.190. The van der Waals surface area contributed by atoms with Gasteiger partial charge < -0.3 is 9.64 Å². The average molecular weight is 291 g/mol. The molecule has 0 aromatic carbocycles. The van der Waals surface area contributed by atoms with Gasteiger partial charge in [0.25, 0.3) is 0 Å². The second kappa shape index (κ2) is 7.56. The molecule has 18 heavy (non-hydrogen) atoms. The van der Waals surface area contributed by atoms with Gasteiger partial charge in [0.1, 0.15) is 5.15 Å². The Hall–Kier alpha value is -0.840. The van der Waals surface area contributed by atoms with E-state index in [9.17, 15) is 4.79 Å². The summed E-state index contributed by atoms with van der Waals surface area (Å²) < 4.78 is 4.86. The zero-order valence-electron chi connectivity index (χ0n) is 10.4. The number of carbonyl (C=O) groups is 1. The average Bonchev–Trinajstić information content (AvgIpc) is 2.31. The molecule has 1 aromatic heterocycles. The van der Waals surface area contributed by atoms with Crippen LogP contribution in [0.25, 0.3) is 0 Å². The van der Waals surface area contributed by atoms with Crippen LogP contribution >= 0.6 is 23.2 Å². The predicted octanol–water partition coefficient (Wildman–Crippen LogP) is 2.77. The summed E-state index contributed by atoms with van der Waals surface area (Å²) in [4.78, 5) is 17.2. The Labute approximate surface area is 117 Å². The molecular formula is C12H16Cl2N2O2. The second-order valence-electron chi connectivity index (χ2n) is 3.89. The van der Waals surface area contributed by atoms with Crippen LogP contribution in [0.5, 0.6) is 0 Å². The molecule has 0 saturated heterocycles. The van der Waals surface area contributed by atoms with Gasteiger partial charge in [-0.25, -0.2) is 4.98 Å². The lowest BCUT2D eigenvalue weighted by molar-refractivity contribution is -0.143. The molecule has 0 fully saturated rings. The molecular weight excluding hydrogens is 275 g/mol. The van der Waals surface area contributed by atoms with E-state index in [1.807, 2.05) is 11.9 Å². The molecule has 0 aliphatic rings. The van der Waals surface area contributed by atoms with E-state index >= 15 is 0 Å². The number of ether oxygens (including phenoxy) is 1. The van der Waals surface area contributed by atoms with Gasteiger partial charge in [0.15, 0.2) is 0 Å². The van der Waals surface area contributed by atoms with Crippen LogP contribution in [0.4, 0.5) is 0 Å². The highest BCUT2D eigenvalue weighted by atomic mass is 35.5. The van der Waals surface area contributed by atoms with Gasteiger partial charge in [0.2, 0.25) is 0 Å². The van der Waals surface area contributed by atoms with Gasteiger partial charge in [-0.05, 0) is 20.0 Å². The van der Waals surface area contributed by atoms with Crippen LogP contribution in [-0.2, 0) is 16.1 Å². The summed E-state index contributed by atoms with van der Waals surface area (Å²) in [6.07, 6.45) is 2.01. The van der Waals surface area contributed by atoms with Gasteiger partial charge in [-0.2, -0.15) is 0 Å². The number of carbonyl (C=O) groups excluding carboxylic acids is 1. The summed E-state index contributed by atoms with van der Waals surface area (Å²) in [7, 11) is 1.91. The number of hydrogen-bond acceptors (Lipinski definition) is 4. The number of nitrogens with zero attached hydrogens (tertiary/aromatic N) is 2. The molecule has 1 rings (SSSR count). The summed E-state index contributed by atoms with van der Waals surface area (Å²) >= 11 is 11.8. The molecule has 0 bridgehead atoms. The van der Waals surface area contributed by atoms with Crippen LogP contribution in [0, 0.1) is 0 Å². The van der Waals surface area contributed by atoms with Crippen LogP contribution in [0.1, 0.15) is 18.9 Å². The fraction of sp³-hybridized carbons (Fsp3) is 0.500. The Morgan fingerprint density at radius 3 is 2.83 bits per heavy atom. The molecule has 0 N–H and O–H groups in total. The molecule has 1 aromatic rings. The van der Waals surface area contributed by atoms with Crippen molar-refractivity contribution in [2.24, 2.45) is 0 Å². The number of hydrogen-bond donors (Lipinski definition) is 0. The third-order valence-corrected chi connectivity index (χ3v) is 2.90. The largest absolute Gasteiger partial charge is 0.466 e. The van der Waals surface area contributed by atoms with Crippen molar-refractivity contribution < 1.29 is 9.53 Å². The lowest BCUT2D eigenvalue weighted by Crippen LogP contribution is -2.22. The van der Waals surface area contributed by atoms with Crippen molar-refractivity contribution in [2.45, 2.75) is 19.9 Å². The van der Waals surface area contributed by atoms with E-state index in [1.165, 1.54) is 0 Å². The quantitative estimate of drug-likeness (QED) is 0.597. The predicted molar refractivity (Wildman–Crippen MR) is 71.8 cm³/mol. The monoisotopic (exact) mass is 290 g/mol. The van der Waals surface area contributed by atoms with Crippen molar-refractivity contribution in [2.75, 3.05) is 20.2 Å². The van der Waals surface area contributed by atoms with E-state index in [-0.39, 0.29) is 5.97 Å². The van der Waals surface area contributed by atoms with Crippen LogP contribution in [0.3, 0.4) is 0 Å². The summed E-state index contributed by atoms with van der Waals surface area (Å²) in [6.45, 7) is 3.43. The number of rotatable bonds is 6. The number of halogens is 2. The first-order valence-electron chi connectivity index (χ1n) is 5.67. The summed E-state index contributed by atoms with van der Waals surface area (Å²) in [5.41, 5.74) is 0.882. The fourth-order valence-electron chi connectivity index (χ4n) is 1.44. The highest BCUT2D eigenvalue weighted by Crippen LogP contribution is 2.19. The number of esters is 1. The minimum Gasteiger partial charge on any atom is -0.466 e. The van der Waals surface area contributed by atoms with E-state index in [0.29, 0.717) is 36.3 Å². The van der Waals surface area contributed by atoms with Crippen LogP contribution in [0.15, 0.2) is 12.3 Å². The van der Waals surface area contributed by atoms with Gasteiger partial charge in [0, 0.05) is 29.9 Å². The van der Waals surface area contributed by atoms with Crippen molar-refractivity contribution in [1.29, 1.82) is 0 Å². The fourth-order valence-corrected chi connectivity index (χ4v) is 1.86. The first-order chi connectivity index (χ1) is 8.52. The van der Waals surface area contributed by atoms with Gasteiger partial charge in [-0.1, -0.05) is 23.2 Å². The van der Waals surface area contributed by atoms with E-state index in [4.69, 9.17) is 27.9 Å². The van der Waals surface area contributed by atoms with Crippen LogP contribution in [0.2, 0.25) is 10.2 Å². The maximum Gasteiger partial charge on any atom is 0.307 e. The Balaban J connectivity index is 2.44. The highest BCUT2D eigenvalue weighted by Gasteiger charge is 2.08. The number of pyridine rings is 1. The Bertz CT molecular complexity index is 413. The smallest absolute Gasteiger partial charge is 0.307 e. The van der Waals surface area contributed by atoms with Crippen LogP contribution < -0.4 is 0 Å². The third kappa shape index (κ3) is 5.21. The van der Waals surface area contributed by atoms with Gasteiger partial charge in [-0.15, -0.1) is 0 Å². The first kappa shape index (κ1) is 15.2. The molecule has 0 spiro atoms. The highest BCUT2D eigenvalue weighted by molar-refractivity contribution is 6.34. The Morgan fingerprint density at radius 1 is 1.50 bits per heavy atom. The van der Waals surface area contributed by atoms with Crippen molar-refractivity contribution in [3.63, 3.8) is 0 Å². The molecule has 0 aliphatic heterocycles. The SMILES string of the molecule is CCOC(=O)CCN(C)Cc1cnc(Cl)cc1Cl. The molecule has 0 radical (unpaired) electrons. The van der Waals surface area contributed by atoms with Crippen molar-refractivity contribution in [3.8, 4) is 0 Å². The first-order valence-corrected chi connectivity index (χ1v) is 6.42. The van der Waals surface area contributed by atoms with E-state index in [2.05, 4.69) is 4.98 Å². The standard InChI is InChI=1S/C12H16Cl2N2O2/c1-3-18-12(17)4-5-16(2)8-9-7-15-11(14)6-10(9)13/h6-7H,3-5,8H2,1-2H3. The number of aromatic nitrogens is 1. The third-order valence-electron chi connectivity index (χ3n) is 2.34. The zero-order valence-corrected chi connectivity index (χ0v) is 12.0. The van der Waals surface area contributed by atoms with Gasteiger partial charge in [0.05, 0.1) is 13.0 Å². The molecule has 0 amide bonds. The van der Waals surface area contributed by atoms with E-state index in [1.54, 1.807) is 19.2 Å². The maximum absolute atomic E-state index is 11.2. The molecule has 0 atom stereocenters. The maximum atomic E-state index is 11.2. The van der Waals surface area contributed by atoms with E-state index in [0.717, 1.165) is 5.56 Å². The summed E-state index contributed by atoms with van der Waals surface area (Å²) in [6, 6.07) is 1.61.